The van der Waals surface area contributed by atoms with E-state index in [1.54, 1.807) is 0 Å². The Bertz CT molecular complexity index is 221. The summed E-state index contributed by atoms with van der Waals surface area (Å²) in [6.45, 7) is 10.7. The van der Waals surface area contributed by atoms with Gasteiger partial charge in [-0.2, -0.15) is 0 Å². The maximum absolute atomic E-state index is 3.66. The third-order valence-corrected chi connectivity index (χ3v) is 4.16. The van der Waals surface area contributed by atoms with Crippen molar-refractivity contribution in [3.63, 3.8) is 0 Å². The molecule has 1 unspecified atom stereocenters. The van der Waals surface area contributed by atoms with Crippen LogP contribution in [-0.2, 0) is 0 Å². The number of hydrogen-bond donors (Lipinski definition) is 1. The Morgan fingerprint density at radius 3 is 2.69 bits per heavy atom. The number of hydrogen-bond acceptors (Lipinski definition) is 2. The van der Waals surface area contributed by atoms with Crippen LogP contribution in [0.3, 0.4) is 0 Å². The maximum Gasteiger partial charge on any atom is 0.0252 e. The van der Waals surface area contributed by atoms with Crippen molar-refractivity contribution in [3.05, 3.63) is 0 Å². The van der Waals surface area contributed by atoms with Crippen LogP contribution in [0.5, 0.6) is 0 Å². The molecule has 1 saturated carbocycles. The fraction of sp³-hybridized carbons (Fsp3) is 1.00. The van der Waals surface area contributed by atoms with E-state index in [9.17, 15) is 0 Å². The fourth-order valence-corrected chi connectivity index (χ4v) is 2.87. The number of nitrogens with zero attached hydrogens (tertiary/aromatic N) is 1. The second-order valence-electron chi connectivity index (χ2n) is 6.38. The van der Waals surface area contributed by atoms with Crippen LogP contribution in [0.1, 0.15) is 52.9 Å². The van der Waals surface area contributed by atoms with E-state index < -0.39 is 0 Å². The largest absolute Gasteiger partial charge is 0.309 e. The van der Waals surface area contributed by atoms with Crippen LogP contribution in [-0.4, -0.2) is 36.1 Å². The summed E-state index contributed by atoms with van der Waals surface area (Å²) in [6, 6.07) is 0.771. The molecule has 0 amide bonds. The van der Waals surface area contributed by atoms with Crippen LogP contribution in [0.2, 0.25) is 0 Å². The fourth-order valence-electron chi connectivity index (χ4n) is 2.87. The Labute approximate surface area is 101 Å². The van der Waals surface area contributed by atoms with Crippen LogP contribution < -0.4 is 5.32 Å². The van der Waals surface area contributed by atoms with Gasteiger partial charge in [0, 0.05) is 24.7 Å². The summed E-state index contributed by atoms with van der Waals surface area (Å²) in [5.41, 5.74) is 0.311. The molecule has 0 spiro atoms. The zero-order chi connectivity index (χ0) is 11.6. The molecule has 2 aliphatic rings. The molecule has 1 heterocycles. The Balaban J connectivity index is 1.77. The molecule has 16 heavy (non-hydrogen) atoms. The van der Waals surface area contributed by atoms with Crippen LogP contribution in [0.15, 0.2) is 0 Å². The molecule has 1 N–H and O–H groups in total. The summed E-state index contributed by atoms with van der Waals surface area (Å²) in [4.78, 5) is 2.72. The topological polar surface area (TPSA) is 15.3 Å². The van der Waals surface area contributed by atoms with Crippen molar-refractivity contribution >= 4 is 0 Å². The van der Waals surface area contributed by atoms with Gasteiger partial charge >= 0.3 is 0 Å². The molecule has 2 heteroatoms. The van der Waals surface area contributed by atoms with Crippen LogP contribution >= 0.6 is 0 Å². The van der Waals surface area contributed by atoms with E-state index in [0.29, 0.717) is 5.54 Å². The van der Waals surface area contributed by atoms with Crippen molar-refractivity contribution in [2.75, 3.05) is 19.6 Å². The first kappa shape index (κ1) is 12.4. The first-order valence-electron chi connectivity index (χ1n) is 7.10. The predicted molar refractivity (Wildman–Crippen MR) is 69.7 cm³/mol. The van der Waals surface area contributed by atoms with Crippen LogP contribution in [0.25, 0.3) is 0 Å². The number of piperazine rings is 1. The minimum Gasteiger partial charge on any atom is -0.309 e. The van der Waals surface area contributed by atoms with E-state index in [1.165, 1.54) is 51.7 Å². The summed E-state index contributed by atoms with van der Waals surface area (Å²) in [7, 11) is 0. The Morgan fingerprint density at radius 1 is 1.31 bits per heavy atom. The molecular weight excluding hydrogens is 196 g/mol. The van der Waals surface area contributed by atoms with E-state index in [2.05, 4.69) is 31.0 Å². The van der Waals surface area contributed by atoms with Crippen LogP contribution in [0, 0.1) is 5.92 Å². The van der Waals surface area contributed by atoms with Crippen molar-refractivity contribution in [3.8, 4) is 0 Å². The van der Waals surface area contributed by atoms with E-state index in [4.69, 9.17) is 0 Å². The summed E-state index contributed by atoms with van der Waals surface area (Å²) >= 11 is 0. The van der Waals surface area contributed by atoms with Crippen molar-refractivity contribution < 1.29 is 0 Å². The zero-order valence-electron chi connectivity index (χ0n) is 11.3. The average molecular weight is 224 g/mol. The van der Waals surface area contributed by atoms with Crippen molar-refractivity contribution in [2.45, 2.75) is 64.5 Å². The lowest BCUT2D eigenvalue weighted by atomic mass is 9.97. The minimum absolute atomic E-state index is 0.311. The SMILES string of the molecule is CCC1CNC(C)(C)CN1CCCC1CC1. The van der Waals surface area contributed by atoms with E-state index in [-0.39, 0.29) is 0 Å². The van der Waals surface area contributed by atoms with Gasteiger partial charge in [-0.1, -0.05) is 19.8 Å². The molecule has 0 bridgehead atoms. The molecule has 0 radical (unpaired) electrons. The molecule has 0 aromatic heterocycles. The van der Waals surface area contributed by atoms with Gasteiger partial charge in [-0.05, 0) is 45.6 Å². The van der Waals surface area contributed by atoms with Gasteiger partial charge in [0.05, 0.1) is 0 Å². The third kappa shape index (κ3) is 3.46. The zero-order valence-corrected chi connectivity index (χ0v) is 11.3. The second-order valence-corrected chi connectivity index (χ2v) is 6.38. The van der Waals surface area contributed by atoms with Gasteiger partial charge in [-0.3, -0.25) is 4.90 Å². The summed E-state index contributed by atoms with van der Waals surface area (Å²) < 4.78 is 0. The molecule has 94 valence electrons. The van der Waals surface area contributed by atoms with E-state index in [0.717, 1.165) is 12.0 Å². The molecule has 1 aliphatic heterocycles. The number of rotatable bonds is 5. The highest BCUT2D eigenvalue weighted by atomic mass is 15.2. The van der Waals surface area contributed by atoms with Gasteiger partial charge < -0.3 is 5.32 Å². The molecule has 2 rings (SSSR count). The van der Waals surface area contributed by atoms with Crippen molar-refractivity contribution in [1.29, 1.82) is 0 Å². The molecule has 1 atom stereocenters. The molecule has 2 fully saturated rings. The summed E-state index contributed by atoms with van der Waals surface area (Å²) in [6.07, 6.45) is 7.18. The molecule has 0 aromatic carbocycles. The molecule has 1 aliphatic carbocycles. The highest BCUT2D eigenvalue weighted by Crippen LogP contribution is 2.33. The maximum atomic E-state index is 3.66. The lowest BCUT2D eigenvalue weighted by molar-refractivity contribution is 0.0906. The summed E-state index contributed by atoms with van der Waals surface area (Å²) in [5.74, 6) is 1.09. The van der Waals surface area contributed by atoms with Crippen molar-refractivity contribution in [1.82, 2.24) is 10.2 Å². The highest BCUT2D eigenvalue weighted by Gasteiger charge is 2.31. The lowest BCUT2D eigenvalue weighted by Crippen LogP contribution is -2.61. The van der Waals surface area contributed by atoms with Gasteiger partial charge in [-0.15, -0.1) is 0 Å². The predicted octanol–water partition coefficient (Wildman–Crippen LogP) is 2.64. The lowest BCUT2D eigenvalue weighted by Gasteiger charge is -2.44. The van der Waals surface area contributed by atoms with Gasteiger partial charge in [-0.25, -0.2) is 0 Å². The van der Waals surface area contributed by atoms with Gasteiger partial charge in [0.15, 0.2) is 0 Å². The molecular formula is C14H28N2. The standard InChI is InChI=1S/C14H28N2/c1-4-13-10-15-14(2,3)11-16(13)9-5-6-12-7-8-12/h12-13,15H,4-11H2,1-3H3. The smallest absolute Gasteiger partial charge is 0.0252 e. The molecule has 1 saturated heterocycles. The minimum atomic E-state index is 0.311. The van der Waals surface area contributed by atoms with Gasteiger partial charge in [0.1, 0.15) is 0 Å². The molecule has 0 aromatic rings. The normalized spacial score (nSPS) is 30.6. The highest BCUT2D eigenvalue weighted by molar-refractivity contribution is 4.91. The molecule has 2 nitrogen and oxygen atoms in total. The van der Waals surface area contributed by atoms with Crippen molar-refractivity contribution in [2.24, 2.45) is 5.92 Å². The first-order valence-corrected chi connectivity index (χ1v) is 7.10. The Morgan fingerprint density at radius 2 is 2.06 bits per heavy atom. The Hall–Kier alpha value is -0.0800. The summed E-state index contributed by atoms with van der Waals surface area (Å²) in [5, 5.41) is 3.66. The van der Waals surface area contributed by atoms with E-state index in [1.807, 2.05) is 0 Å². The van der Waals surface area contributed by atoms with Gasteiger partial charge in [0.2, 0.25) is 0 Å². The monoisotopic (exact) mass is 224 g/mol. The van der Waals surface area contributed by atoms with Gasteiger partial charge in [0.25, 0.3) is 0 Å². The quantitative estimate of drug-likeness (QED) is 0.772. The van der Waals surface area contributed by atoms with Crippen LogP contribution in [0.4, 0.5) is 0 Å². The van der Waals surface area contributed by atoms with E-state index >= 15 is 0 Å². The third-order valence-electron chi connectivity index (χ3n) is 4.16. The second kappa shape index (κ2) is 5.05. The average Bonchev–Trinajstić information content (AvgIpc) is 3.01. The first-order chi connectivity index (χ1) is 7.61. The Kier molecular flexibility index (Phi) is 3.91. The number of nitrogens with one attached hydrogen (secondary N) is 1.